The van der Waals surface area contributed by atoms with Gasteiger partial charge in [-0.2, -0.15) is 0 Å². The normalized spacial score (nSPS) is 18.4. The van der Waals surface area contributed by atoms with Crippen LogP contribution < -0.4 is 0 Å². The topological polar surface area (TPSA) is 82.5 Å². The maximum Gasteiger partial charge on any atom is 0.410 e. The van der Waals surface area contributed by atoms with Crippen molar-refractivity contribution in [3.05, 3.63) is 0 Å². The van der Waals surface area contributed by atoms with Crippen molar-refractivity contribution in [3.8, 4) is 0 Å². The molecule has 0 bridgehead atoms. The maximum atomic E-state index is 11.8. The molecule has 0 aromatic rings. The first-order chi connectivity index (χ1) is 13.9. The van der Waals surface area contributed by atoms with E-state index in [1.54, 1.807) is 9.80 Å². The average molecular weight is 430 g/mol. The predicted molar refractivity (Wildman–Crippen MR) is 118 cm³/mol. The molecule has 8 nitrogen and oxygen atoms in total. The van der Waals surface area contributed by atoms with Crippen molar-refractivity contribution in [2.24, 2.45) is 0 Å². The van der Waals surface area contributed by atoms with Crippen LogP contribution in [-0.4, -0.2) is 95.6 Å². The largest absolute Gasteiger partial charge is 0.444 e. The van der Waals surface area contributed by atoms with Crippen LogP contribution in [0.4, 0.5) is 9.59 Å². The summed E-state index contributed by atoms with van der Waals surface area (Å²) in [7, 11) is 0. The Balaban J connectivity index is 0.000000311. The van der Waals surface area contributed by atoms with Gasteiger partial charge in [-0.3, -0.25) is 4.90 Å². The molecule has 0 unspecified atom stereocenters. The minimum absolute atomic E-state index is 0.160. The van der Waals surface area contributed by atoms with Crippen molar-refractivity contribution in [2.75, 3.05) is 52.4 Å². The summed E-state index contributed by atoms with van der Waals surface area (Å²) in [5.74, 6) is 0. The van der Waals surface area contributed by atoms with Gasteiger partial charge in [0.05, 0.1) is 0 Å². The Bertz CT molecular complexity index is 514. The molecule has 0 atom stereocenters. The molecule has 2 fully saturated rings. The summed E-state index contributed by atoms with van der Waals surface area (Å²) in [6.45, 7) is 17.3. The van der Waals surface area contributed by atoms with Gasteiger partial charge in [0, 0.05) is 52.4 Å². The smallest absolute Gasteiger partial charge is 0.410 e. The number of nitrogens with zero attached hydrogens (tertiary/aromatic N) is 3. The Labute approximate surface area is 182 Å². The molecular weight excluding hydrogens is 386 g/mol. The molecule has 176 valence electrons. The van der Waals surface area contributed by atoms with Crippen LogP contribution in [0.2, 0.25) is 0 Å². The molecular formula is C22H43N3O5. The van der Waals surface area contributed by atoms with Crippen LogP contribution in [-0.2, 0) is 9.47 Å². The number of aliphatic hydroxyl groups is 1. The number of carbonyl (C=O) groups excluding carboxylic acids is 2. The van der Waals surface area contributed by atoms with E-state index >= 15 is 0 Å². The Morgan fingerprint density at radius 1 is 0.733 bits per heavy atom. The van der Waals surface area contributed by atoms with Gasteiger partial charge in [-0.15, -0.1) is 0 Å². The summed E-state index contributed by atoms with van der Waals surface area (Å²) in [6.07, 6.45) is 3.87. The summed E-state index contributed by atoms with van der Waals surface area (Å²) < 4.78 is 10.6. The SMILES string of the molecule is CC(C)(C)OC(=O)N1CCCCC1.CC(C)(C)OC(=O)N1CCN(CCCO)CC1. The summed E-state index contributed by atoms with van der Waals surface area (Å²) >= 11 is 0. The quantitative estimate of drug-likeness (QED) is 0.741. The molecule has 0 aromatic carbocycles. The molecule has 2 amide bonds. The van der Waals surface area contributed by atoms with Gasteiger partial charge in [0.15, 0.2) is 0 Å². The van der Waals surface area contributed by atoms with E-state index in [2.05, 4.69) is 4.90 Å². The average Bonchev–Trinajstić information content (AvgIpc) is 2.65. The fourth-order valence-corrected chi connectivity index (χ4v) is 3.18. The van der Waals surface area contributed by atoms with Gasteiger partial charge in [0.1, 0.15) is 11.2 Å². The molecule has 0 spiro atoms. The summed E-state index contributed by atoms with van der Waals surface area (Å²) in [5.41, 5.74) is -0.792. The molecule has 2 aliphatic heterocycles. The Morgan fingerprint density at radius 3 is 1.57 bits per heavy atom. The highest BCUT2D eigenvalue weighted by Gasteiger charge is 2.25. The van der Waals surface area contributed by atoms with Crippen LogP contribution in [0.25, 0.3) is 0 Å². The second kappa shape index (κ2) is 12.3. The standard InChI is InChI=1S/C12H24N2O3.C10H19NO2/c1-12(2,3)17-11(16)14-8-6-13(7-9-14)5-4-10-15;1-10(2,3)13-9(12)11-7-5-4-6-8-11/h15H,4-10H2,1-3H3;4-8H2,1-3H3. The maximum absolute atomic E-state index is 11.8. The summed E-state index contributed by atoms with van der Waals surface area (Å²) in [6, 6.07) is 0. The number of ether oxygens (including phenoxy) is 2. The van der Waals surface area contributed by atoms with E-state index in [0.717, 1.165) is 52.0 Å². The van der Waals surface area contributed by atoms with Gasteiger partial charge in [-0.1, -0.05) is 0 Å². The van der Waals surface area contributed by atoms with E-state index in [1.807, 2.05) is 41.5 Å². The van der Waals surface area contributed by atoms with E-state index in [4.69, 9.17) is 14.6 Å². The third kappa shape index (κ3) is 11.6. The highest BCUT2D eigenvalue weighted by atomic mass is 16.6. The lowest BCUT2D eigenvalue weighted by molar-refractivity contribution is 0.0140. The van der Waals surface area contributed by atoms with Crippen molar-refractivity contribution < 1.29 is 24.2 Å². The van der Waals surface area contributed by atoms with E-state index in [1.165, 1.54) is 6.42 Å². The van der Waals surface area contributed by atoms with Crippen LogP contribution in [0.15, 0.2) is 0 Å². The first kappa shape index (κ1) is 26.5. The molecule has 2 heterocycles. The molecule has 2 saturated heterocycles. The number of piperazine rings is 1. The van der Waals surface area contributed by atoms with E-state index in [9.17, 15) is 9.59 Å². The molecule has 8 heteroatoms. The lowest BCUT2D eigenvalue weighted by Crippen LogP contribution is -2.50. The molecule has 30 heavy (non-hydrogen) atoms. The molecule has 0 saturated carbocycles. The fraction of sp³-hybridized carbons (Fsp3) is 0.909. The number of hydrogen-bond donors (Lipinski definition) is 1. The van der Waals surface area contributed by atoms with E-state index < -0.39 is 5.60 Å². The minimum atomic E-state index is -0.425. The Kier molecular flexibility index (Phi) is 10.9. The van der Waals surface area contributed by atoms with Crippen LogP contribution in [0.1, 0.15) is 67.2 Å². The van der Waals surface area contributed by atoms with Gasteiger partial charge < -0.3 is 24.4 Å². The minimum Gasteiger partial charge on any atom is -0.444 e. The predicted octanol–water partition coefficient (Wildman–Crippen LogP) is 3.33. The lowest BCUT2D eigenvalue weighted by Gasteiger charge is -2.35. The molecule has 0 aromatic heterocycles. The third-order valence-corrected chi connectivity index (χ3v) is 4.66. The van der Waals surface area contributed by atoms with Gasteiger partial charge in [-0.05, 0) is 67.2 Å². The van der Waals surface area contributed by atoms with E-state index in [0.29, 0.717) is 13.1 Å². The van der Waals surface area contributed by atoms with Crippen LogP contribution in [0, 0.1) is 0 Å². The highest BCUT2D eigenvalue weighted by Crippen LogP contribution is 2.14. The zero-order valence-electron chi connectivity index (χ0n) is 19.9. The van der Waals surface area contributed by atoms with Crippen LogP contribution >= 0.6 is 0 Å². The Morgan fingerprint density at radius 2 is 1.17 bits per heavy atom. The number of aliphatic hydroxyl groups excluding tert-OH is 1. The van der Waals surface area contributed by atoms with Gasteiger partial charge in [-0.25, -0.2) is 9.59 Å². The Hall–Kier alpha value is -1.54. The first-order valence-electron chi connectivity index (χ1n) is 11.2. The van der Waals surface area contributed by atoms with Crippen LogP contribution in [0.5, 0.6) is 0 Å². The molecule has 0 radical (unpaired) electrons. The molecule has 2 rings (SSSR count). The summed E-state index contributed by atoms with van der Waals surface area (Å²) in [5, 5.41) is 8.75. The second-order valence-electron chi connectivity index (χ2n) is 9.91. The van der Waals surface area contributed by atoms with Crippen molar-refractivity contribution in [3.63, 3.8) is 0 Å². The number of hydrogen-bond acceptors (Lipinski definition) is 6. The van der Waals surface area contributed by atoms with Gasteiger partial charge in [0.25, 0.3) is 0 Å². The van der Waals surface area contributed by atoms with E-state index in [-0.39, 0.29) is 24.4 Å². The van der Waals surface area contributed by atoms with Crippen molar-refractivity contribution in [1.82, 2.24) is 14.7 Å². The summed E-state index contributed by atoms with van der Waals surface area (Å²) in [4.78, 5) is 29.1. The molecule has 2 aliphatic rings. The first-order valence-corrected chi connectivity index (χ1v) is 11.2. The fourth-order valence-electron chi connectivity index (χ4n) is 3.18. The zero-order chi connectivity index (χ0) is 22.8. The number of amides is 2. The highest BCUT2D eigenvalue weighted by molar-refractivity contribution is 5.68. The number of likely N-dealkylation sites (tertiary alicyclic amines) is 1. The monoisotopic (exact) mass is 429 g/mol. The number of carbonyl (C=O) groups is 2. The number of piperidine rings is 1. The van der Waals surface area contributed by atoms with Crippen molar-refractivity contribution in [2.45, 2.75) is 78.4 Å². The van der Waals surface area contributed by atoms with Gasteiger partial charge >= 0.3 is 12.2 Å². The molecule has 1 N–H and O–H groups in total. The molecule has 0 aliphatic carbocycles. The van der Waals surface area contributed by atoms with Gasteiger partial charge in [0.2, 0.25) is 0 Å². The lowest BCUT2D eigenvalue weighted by atomic mass is 10.1. The zero-order valence-corrected chi connectivity index (χ0v) is 19.9. The third-order valence-electron chi connectivity index (χ3n) is 4.66. The number of rotatable bonds is 3. The van der Waals surface area contributed by atoms with Crippen molar-refractivity contribution >= 4 is 12.2 Å². The van der Waals surface area contributed by atoms with Crippen LogP contribution in [0.3, 0.4) is 0 Å². The second-order valence-corrected chi connectivity index (χ2v) is 9.91. The van der Waals surface area contributed by atoms with Crippen molar-refractivity contribution in [1.29, 1.82) is 0 Å².